The number of nitrogens with zero attached hydrogens (tertiary/aromatic N) is 3. The molecule has 1 heterocycles. The summed E-state index contributed by atoms with van der Waals surface area (Å²) in [5.74, 6) is -6.72. The van der Waals surface area contributed by atoms with Crippen molar-refractivity contribution in [3.8, 4) is 0 Å². The van der Waals surface area contributed by atoms with E-state index in [4.69, 9.17) is 5.11 Å². The quantitative estimate of drug-likeness (QED) is 0.758. The Bertz CT molecular complexity index is 342. The summed E-state index contributed by atoms with van der Waals surface area (Å²) in [6, 6.07) is 0. The third-order valence-electron chi connectivity index (χ3n) is 1.37. The molecule has 8 heteroatoms. The van der Waals surface area contributed by atoms with Gasteiger partial charge in [0.2, 0.25) is 0 Å². The maximum Gasteiger partial charge on any atom is 0.375 e. The summed E-state index contributed by atoms with van der Waals surface area (Å²) in [6.45, 7) is 0. The van der Waals surface area contributed by atoms with Crippen LogP contribution in [0.25, 0.3) is 0 Å². The summed E-state index contributed by atoms with van der Waals surface area (Å²) in [5, 5.41) is 15.4. The number of alkyl halides is 2. The molecule has 0 aliphatic heterocycles. The van der Waals surface area contributed by atoms with Crippen molar-refractivity contribution in [2.45, 2.75) is 11.1 Å². The number of rotatable bonds is 4. The van der Waals surface area contributed by atoms with Crippen molar-refractivity contribution in [2.75, 3.05) is 5.75 Å². The molecule has 0 atom stereocenters. The minimum Gasteiger partial charge on any atom is -0.477 e. The summed E-state index contributed by atoms with van der Waals surface area (Å²) >= 11 is 0.647. The van der Waals surface area contributed by atoms with Crippen LogP contribution < -0.4 is 0 Å². The maximum absolute atomic E-state index is 12.6. The third kappa shape index (κ3) is 2.41. The predicted octanol–water partition coefficient (Wildman–Crippen LogP) is 0.627. The Kier molecular flexibility index (Phi) is 3.04. The molecule has 0 spiro atoms. The van der Waals surface area contributed by atoms with Gasteiger partial charge in [-0.3, -0.25) is 0 Å². The number of carboxylic acid groups (broad SMARTS) is 1. The van der Waals surface area contributed by atoms with E-state index in [1.807, 2.05) is 0 Å². The first-order chi connectivity index (χ1) is 6.43. The Labute approximate surface area is 82.1 Å². The van der Waals surface area contributed by atoms with Crippen LogP contribution in [0.1, 0.15) is 0 Å². The molecule has 0 unspecified atom stereocenters. The van der Waals surface area contributed by atoms with E-state index >= 15 is 0 Å². The highest BCUT2D eigenvalue weighted by Crippen LogP contribution is 2.24. The van der Waals surface area contributed by atoms with E-state index < -0.39 is 17.6 Å². The molecule has 5 nitrogen and oxygen atoms in total. The second kappa shape index (κ2) is 3.91. The van der Waals surface area contributed by atoms with Crippen LogP contribution in [0.2, 0.25) is 0 Å². The van der Waals surface area contributed by atoms with Crippen LogP contribution in [0, 0.1) is 0 Å². The molecule has 0 aliphatic carbocycles. The second-order valence-corrected chi connectivity index (χ2v) is 3.47. The van der Waals surface area contributed by atoms with Crippen molar-refractivity contribution in [1.82, 2.24) is 14.8 Å². The van der Waals surface area contributed by atoms with E-state index in [2.05, 4.69) is 10.2 Å². The number of aryl methyl sites for hydroxylation is 1. The Morgan fingerprint density at radius 3 is 2.86 bits per heavy atom. The van der Waals surface area contributed by atoms with Crippen LogP contribution >= 0.6 is 11.8 Å². The van der Waals surface area contributed by atoms with Gasteiger partial charge in [-0.05, 0) is 0 Å². The SMILES string of the molecule is Cn1cnnc1SCC(F)(F)C(=O)O. The van der Waals surface area contributed by atoms with Crippen molar-refractivity contribution in [3.63, 3.8) is 0 Å². The maximum atomic E-state index is 12.6. The highest BCUT2D eigenvalue weighted by Gasteiger charge is 2.39. The second-order valence-electron chi connectivity index (χ2n) is 2.52. The van der Waals surface area contributed by atoms with Crippen LogP contribution in [0.15, 0.2) is 11.5 Å². The normalized spacial score (nSPS) is 11.6. The first kappa shape index (κ1) is 10.9. The zero-order chi connectivity index (χ0) is 10.8. The fourth-order valence-corrected chi connectivity index (χ4v) is 1.41. The van der Waals surface area contributed by atoms with Gasteiger partial charge in [-0.15, -0.1) is 10.2 Å². The molecular weight excluding hydrogens is 216 g/mol. The molecule has 0 fully saturated rings. The summed E-state index contributed by atoms with van der Waals surface area (Å²) in [4.78, 5) is 10.1. The summed E-state index contributed by atoms with van der Waals surface area (Å²) in [5.41, 5.74) is 0. The largest absolute Gasteiger partial charge is 0.477 e. The molecule has 14 heavy (non-hydrogen) atoms. The van der Waals surface area contributed by atoms with Gasteiger partial charge in [0, 0.05) is 7.05 Å². The lowest BCUT2D eigenvalue weighted by atomic mass is 10.4. The fraction of sp³-hybridized carbons (Fsp3) is 0.500. The summed E-state index contributed by atoms with van der Waals surface area (Å²) < 4.78 is 26.6. The fourth-order valence-electron chi connectivity index (χ4n) is 0.620. The molecule has 1 aromatic heterocycles. The summed E-state index contributed by atoms with van der Waals surface area (Å²) in [7, 11) is 1.58. The van der Waals surface area contributed by atoms with E-state index in [0.29, 0.717) is 11.8 Å². The van der Waals surface area contributed by atoms with Crippen LogP contribution in [0.4, 0.5) is 8.78 Å². The number of aliphatic carboxylic acids is 1. The average Bonchev–Trinajstić information content (AvgIpc) is 2.47. The molecule has 0 aliphatic rings. The van der Waals surface area contributed by atoms with Crippen molar-refractivity contribution < 1.29 is 18.7 Å². The Balaban J connectivity index is 2.57. The first-order valence-corrected chi connectivity index (χ1v) is 4.50. The van der Waals surface area contributed by atoms with Gasteiger partial charge in [0.25, 0.3) is 0 Å². The molecule has 0 saturated carbocycles. The molecule has 0 bridgehead atoms. The van der Waals surface area contributed by atoms with Gasteiger partial charge >= 0.3 is 11.9 Å². The molecule has 0 radical (unpaired) electrons. The minimum absolute atomic E-state index is 0.255. The molecule has 78 valence electrons. The average molecular weight is 223 g/mol. The molecule has 0 amide bonds. The highest BCUT2D eigenvalue weighted by molar-refractivity contribution is 7.99. The van der Waals surface area contributed by atoms with Crippen LogP contribution in [0.3, 0.4) is 0 Å². The molecule has 1 rings (SSSR count). The smallest absolute Gasteiger partial charge is 0.375 e. The summed E-state index contributed by atoms with van der Waals surface area (Å²) in [6.07, 6.45) is 1.35. The topological polar surface area (TPSA) is 68.0 Å². The number of carbonyl (C=O) groups is 1. The zero-order valence-electron chi connectivity index (χ0n) is 7.15. The lowest BCUT2D eigenvalue weighted by Gasteiger charge is -2.09. The van der Waals surface area contributed by atoms with Gasteiger partial charge in [-0.1, -0.05) is 11.8 Å². The monoisotopic (exact) mass is 223 g/mol. The predicted molar refractivity (Wildman–Crippen MR) is 44.3 cm³/mol. The van der Waals surface area contributed by atoms with Crippen molar-refractivity contribution in [3.05, 3.63) is 6.33 Å². The number of thioether (sulfide) groups is 1. The minimum atomic E-state index is -3.74. The molecular formula is C6H7F2N3O2S. The van der Waals surface area contributed by atoms with E-state index in [9.17, 15) is 13.6 Å². The Morgan fingerprint density at radius 2 is 2.43 bits per heavy atom. The van der Waals surface area contributed by atoms with E-state index in [-0.39, 0.29) is 5.16 Å². The number of hydrogen-bond donors (Lipinski definition) is 1. The first-order valence-electron chi connectivity index (χ1n) is 3.51. The van der Waals surface area contributed by atoms with Gasteiger partial charge in [-0.25, -0.2) is 4.79 Å². The number of hydrogen-bond acceptors (Lipinski definition) is 4. The van der Waals surface area contributed by atoms with Crippen molar-refractivity contribution >= 4 is 17.7 Å². The van der Waals surface area contributed by atoms with Crippen LogP contribution in [0.5, 0.6) is 0 Å². The lowest BCUT2D eigenvalue weighted by Crippen LogP contribution is -2.30. The number of halogens is 2. The third-order valence-corrected chi connectivity index (χ3v) is 2.50. The van der Waals surface area contributed by atoms with Crippen molar-refractivity contribution in [1.29, 1.82) is 0 Å². The Morgan fingerprint density at radius 1 is 1.79 bits per heavy atom. The Hall–Kier alpha value is -1.18. The lowest BCUT2D eigenvalue weighted by molar-refractivity contribution is -0.161. The molecule has 0 aromatic carbocycles. The number of aromatic nitrogens is 3. The zero-order valence-corrected chi connectivity index (χ0v) is 7.96. The van der Waals surface area contributed by atoms with E-state index in [1.165, 1.54) is 10.9 Å². The van der Waals surface area contributed by atoms with Gasteiger partial charge in [-0.2, -0.15) is 8.78 Å². The number of carboxylic acids is 1. The van der Waals surface area contributed by atoms with Crippen molar-refractivity contribution in [2.24, 2.45) is 7.05 Å². The van der Waals surface area contributed by atoms with Gasteiger partial charge in [0.05, 0.1) is 5.75 Å². The molecule has 0 saturated heterocycles. The molecule has 1 N–H and O–H groups in total. The molecule has 1 aromatic rings. The van der Waals surface area contributed by atoms with E-state index in [1.54, 1.807) is 7.05 Å². The highest BCUT2D eigenvalue weighted by atomic mass is 32.2. The van der Waals surface area contributed by atoms with Gasteiger partial charge < -0.3 is 9.67 Å². The van der Waals surface area contributed by atoms with Gasteiger partial charge in [0.15, 0.2) is 5.16 Å². The van der Waals surface area contributed by atoms with E-state index in [0.717, 1.165) is 0 Å². The van der Waals surface area contributed by atoms with Gasteiger partial charge in [0.1, 0.15) is 6.33 Å². The van der Waals surface area contributed by atoms with Crippen LogP contribution in [-0.4, -0.2) is 37.5 Å². The standard InChI is InChI=1S/C6H7F2N3O2S/c1-11-3-9-10-5(11)14-2-6(7,8)4(12)13/h3H,2H2,1H3,(H,12,13). The van der Waals surface area contributed by atoms with Crippen LogP contribution in [-0.2, 0) is 11.8 Å².